The van der Waals surface area contributed by atoms with Crippen molar-refractivity contribution >= 4 is 5.82 Å². The van der Waals surface area contributed by atoms with Crippen LogP contribution in [0.25, 0.3) is 0 Å². The van der Waals surface area contributed by atoms with Gasteiger partial charge in [0.15, 0.2) is 0 Å². The monoisotopic (exact) mass is 170 g/mol. The molecule has 1 rings (SSSR count). The zero-order valence-corrected chi connectivity index (χ0v) is 7.63. The highest BCUT2D eigenvalue weighted by molar-refractivity contribution is 5.33. The Morgan fingerprint density at radius 2 is 2.33 bits per heavy atom. The second kappa shape index (κ2) is 3.47. The summed E-state index contributed by atoms with van der Waals surface area (Å²) in [6.45, 7) is 5.14. The van der Waals surface area contributed by atoms with Crippen molar-refractivity contribution in [2.24, 2.45) is 5.92 Å². The molecule has 0 spiro atoms. The van der Waals surface area contributed by atoms with Gasteiger partial charge in [-0.1, -0.05) is 13.8 Å². The van der Waals surface area contributed by atoms with E-state index in [0.29, 0.717) is 5.92 Å². The van der Waals surface area contributed by atoms with Crippen LogP contribution in [0.5, 0.6) is 0 Å². The number of H-pyrrole nitrogens is 1. The molecule has 4 nitrogen and oxygen atoms in total. The fourth-order valence-corrected chi connectivity index (χ4v) is 1.11. The Bertz CT molecular complexity index is 287. The van der Waals surface area contributed by atoms with Gasteiger partial charge in [0.2, 0.25) is 0 Å². The van der Waals surface area contributed by atoms with Gasteiger partial charge in [0.25, 0.3) is 0 Å². The lowest BCUT2D eigenvalue weighted by Gasteiger charge is -2.17. The van der Waals surface area contributed by atoms with E-state index in [4.69, 9.17) is 0 Å². The van der Waals surface area contributed by atoms with Crippen LogP contribution in [0.3, 0.4) is 0 Å². The lowest BCUT2D eigenvalue weighted by Crippen LogP contribution is -2.22. The topological polar surface area (TPSA) is 49.2 Å². The third-order valence-corrected chi connectivity index (χ3v) is 1.56. The van der Waals surface area contributed by atoms with Crippen molar-refractivity contribution in [3.8, 4) is 0 Å². The second-order valence-corrected chi connectivity index (χ2v) is 3.33. The summed E-state index contributed by atoms with van der Waals surface area (Å²) in [6, 6.07) is 1.45. The van der Waals surface area contributed by atoms with E-state index in [0.717, 1.165) is 12.4 Å². The highest BCUT2D eigenvalue weighted by Crippen LogP contribution is 2.06. The van der Waals surface area contributed by atoms with E-state index in [2.05, 4.69) is 23.5 Å². The van der Waals surface area contributed by atoms with Crippen LogP contribution < -0.4 is 10.5 Å². The summed E-state index contributed by atoms with van der Waals surface area (Å²) in [7, 11) is 1.92. The third-order valence-electron chi connectivity index (χ3n) is 1.56. The molecule has 0 unspecified atom stereocenters. The molecule has 0 aliphatic heterocycles. The number of rotatable bonds is 3. The lowest BCUT2D eigenvalue weighted by atomic mass is 10.2. The number of anilines is 1. The third kappa shape index (κ3) is 2.15. The summed E-state index contributed by atoms with van der Waals surface area (Å²) in [5.41, 5.74) is -0.333. The first-order valence-corrected chi connectivity index (χ1v) is 3.99. The molecule has 0 amide bonds. The summed E-state index contributed by atoms with van der Waals surface area (Å²) >= 11 is 0. The van der Waals surface area contributed by atoms with Gasteiger partial charge in [0, 0.05) is 13.6 Å². The maximum atomic E-state index is 10.7. The fourth-order valence-electron chi connectivity index (χ4n) is 1.11. The normalized spacial score (nSPS) is 10.7. The largest absolute Gasteiger partial charge is 0.359 e. The van der Waals surface area contributed by atoms with Crippen molar-refractivity contribution in [1.82, 2.24) is 5.16 Å². The van der Waals surface area contributed by atoms with Crippen LogP contribution in [0.2, 0.25) is 0 Å². The number of hydrogen-bond donors (Lipinski definition) is 1. The molecule has 0 saturated carbocycles. The zero-order valence-electron chi connectivity index (χ0n) is 7.63. The van der Waals surface area contributed by atoms with Crippen LogP contribution in [0.15, 0.2) is 15.4 Å². The Balaban J connectivity index is 2.65. The van der Waals surface area contributed by atoms with Crippen LogP contribution in [0, 0.1) is 5.92 Å². The van der Waals surface area contributed by atoms with Crippen molar-refractivity contribution < 1.29 is 4.52 Å². The zero-order chi connectivity index (χ0) is 9.14. The standard InChI is InChI=1S/C8H14N2O2/c1-6(2)5-10(3)7-4-8(11)12-9-7/h4,6,9H,5H2,1-3H3. The summed E-state index contributed by atoms with van der Waals surface area (Å²) < 4.78 is 4.54. The molecule has 1 aromatic heterocycles. The molecule has 0 bridgehead atoms. The summed E-state index contributed by atoms with van der Waals surface area (Å²) in [4.78, 5) is 12.6. The minimum atomic E-state index is -0.333. The van der Waals surface area contributed by atoms with Crippen molar-refractivity contribution in [2.45, 2.75) is 13.8 Å². The minimum Gasteiger partial charge on any atom is -0.359 e. The van der Waals surface area contributed by atoms with Crippen LogP contribution in [0.4, 0.5) is 5.82 Å². The van der Waals surface area contributed by atoms with Crippen LogP contribution in [-0.2, 0) is 0 Å². The first-order valence-electron chi connectivity index (χ1n) is 3.99. The number of hydrogen-bond acceptors (Lipinski definition) is 3. The predicted octanol–water partition coefficient (Wildman–Crippen LogP) is 1.06. The molecule has 0 radical (unpaired) electrons. The van der Waals surface area contributed by atoms with E-state index in [1.807, 2.05) is 11.9 Å². The van der Waals surface area contributed by atoms with Crippen molar-refractivity contribution in [3.05, 3.63) is 16.5 Å². The van der Waals surface area contributed by atoms with E-state index < -0.39 is 0 Å². The van der Waals surface area contributed by atoms with Crippen LogP contribution >= 0.6 is 0 Å². The maximum Gasteiger partial charge on any atom is 0.359 e. The maximum absolute atomic E-state index is 10.7. The quantitative estimate of drug-likeness (QED) is 0.737. The molecular weight excluding hydrogens is 156 g/mol. The molecule has 68 valence electrons. The van der Waals surface area contributed by atoms with Gasteiger partial charge in [-0.25, -0.2) is 9.95 Å². The smallest absolute Gasteiger partial charge is 0.359 e. The Kier molecular flexibility index (Phi) is 2.58. The number of aromatic nitrogens is 1. The molecule has 0 aliphatic carbocycles. The Morgan fingerprint density at radius 3 is 2.75 bits per heavy atom. The number of aromatic amines is 1. The van der Waals surface area contributed by atoms with Gasteiger partial charge < -0.3 is 9.42 Å². The van der Waals surface area contributed by atoms with E-state index in [-0.39, 0.29) is 5.63 Å². The van der Waals surface area contributed by atoms with Crippen molar-refractivity contribution in [3.63, 3.8) is 0 Å². The first kappa shape index (κ1) is 8.90. The molecule has 1 heterocycles. The average molecular weight is 170 g/mol. The van der Waals surface area contributed by atoms with Gasteiger partial charge in [-0.3, -0.25) is 0 Å². The van der Waals surface area contributed by atoms with Crippen LogP contribution in [0.1, 0.15) is 13.8 Å². The molecule has 12 heavy (non-hydrogen) atoms. The Labute approximate surface area is 71.1 Å². The summed E-state index contributed by atoms with van der Waals surface area (Å²) in [6.07, 6.45) is 0. The highest BCUT2D eigenvalue weighted by Gasteiger charge is 2.05. The number of nitrogens with one attached hydrogen (secondary N) is 1. The second-order valence-electron chi connectivity index (χ2n) is 3.33. The van der Waals surface area contributed by atoms with Gasteiger partial charge in [-0.15, -0.1) is 0 Å². The Morgan fingerprint density at radius 1 is 1.67 bits per heavy atom. The van der Waals surface area contributed by atoms with Gasteiger partial charge in [0.05, 0.1) is 6.07 Å². The van der Waals surface area contributed by atoms with E-state index in [1.54, 1.807) is 0 Å². The summed E-state index contributed by atoms with van der Waals surface area (Å²) in [5.74, 6) is 1.29. The van der Waals surface area contributed by atoms with E-state index in [1.165, 1.54) is 6.07 Å². The van der Waals surface area contributed by atoms with E-state index in [9.17, 15) is 4.79 Å². The molecule has 0 aliphatic rings. The van der Waals surface area contributed by atoms with Gasteiger partial charge in [-0.05, 0) is 5.92 Å². The molecule has 1 N–H and O–H groups in total. The summed E-state index contributed by atoms with van der Waals surface area (Å²) in [5, 5.41) is 2.55. The molecule has 0 saturated heterocycles. The van der Waals surface area contributed by atoms with Gasteiger partial charge in [-0.2, -0.15) is 0 Å². The van der Waals surface area contributed by atoms with Crippen molar-refractivity contribution in [1.29, 1.82) is 0 Å². The first-order chi connectivity index (χ1) is 5.59. The lowest BCUT2D eigenvalue weighted by molar-refractivity contribution is 0.391. The highest BCUT2D eigenvalue weighted by atomic mass is 16.5. The average Bonchev–Trinajstić information content (AvgIpc) is 2.34. The molecule has 0 aromatic carbocycles. The minimum absolute atomic E-state index is 0.333. The fraction of sp³-hybridized carbons (Fsp3) is 0.625. The van der Waals surface area contributed by atoms with E-state index >= 15 is 0 Å². The predicted molar refractivity (Wildman–Crippen MR) is 47.4 cm³/mol. The molecule has 0 fully saturated rings. The van der Waals surface area contributed by atoms with Gasteiger partial charge >= 0.3 is 5.63 Å². The van der Waals surface area contributed by atoms with Crippen LogP contribution in [-0.4, -0.2) is 18.7 Å². The Hall–Kier alpha value is -1.19. The van der Waals surface area contributed by atoms with Gasteiger partial charge in [0.1, 0.15) is 5.82 Å². The van der Waals surface area contributed by atoms with Crippen molar-refractivity contribution in [2.75, 3.05) is 18.5 Å². The molecule has 4 heteroatoms. The molecular formula is C8H14N2O2. The molecule has 0 atom stereocenters. The number of nitrogens with zero attached hydrogens (tertiary/aromatic N) is 1. The SMILES string of the molecule is CC(C)CN(C)c1cc(=O)o[nH]1. The molecule has 1 aromatic rings.